The first-order valence-corrected chi connectivity index (χ1v) is 11.0. The summed E-state index contributed by atoms with van der Waals surface area (Å²) in [5.41, 5.74) is 3.57. The van der Waals surface area contributed by atoms with Gasteiger partial charge in [-0.25, -0.2) is 9.13 Å². The summed E-state index contributed by atoms with van der Waals surface area (Å²) in [7, 11) is -9.86. The molecule has 25 heavy (non-hydrogen) atoms. The van der Waals surface area contributed by atoms with E-state index in [1.807, 2.05) is 13.8 Å². The highest BCUT2D eigenvalue weighted by molar-refractivity contribution is 7.60. The van der Waals surface area contributed by atoms with Gasteiger partial charge < -0.3 is 14.7 Å². The van der Waals surface area contributed by atoms with Gasteiger partial charge in [0, 0.05) is 0 Å². The van der Waals surface area contributed by atoms with Crippen molar-refractivity contribution in [1.82, 2.24) is 0 Å². The molecular weight excluding hydrogens is 366 g/mol. The van der Waals surface area contributed by atoms with Crippen LogP contribution in [0.25, 0.3) is 0 Å². The Morgan fingerprint density at radius 2 is 1.64 bits per heavy atom. The second-order valence-electron chi connectivity index (χ2n) is 6.29. The summed E-state index contributed by atoms with van der Waals surface area (Å²) in [4.78, 5) is 26.2. The standard InChI is InChI=1S/C16H30O7P2/c1-13(2)7-6-8-14(3)9-10-15(4)16(5)11-12-22-25(20,21)23-24(17,18)19/h7,9,11,15H,6,8,10,12H2,1-5H3,(H,20,21)(H2,17,18,19). The molecule has 0 aromatic carbocycles. The fourth-order valence-corrected chi connectivity index (χ4v) is 3.40. The van der Waals surface area contributed by atoms with E-state index in [9.17, 15) is 14.0 Å². The first-order valence-electron chi connectivity index (χ1n) is 8.02. The lowest BCUT2D eigenvalue weighted by molar-refractivity contribution is 0.191. The molecule has 0 amide bonds. The van der Waals surface area contributed by atoms with Gasteiger partial charge in [-0.05, 0) is 52.9 Å². The van der Waals surface area contributed by atoms with E-state index < -0.39 is 15.6 Å². The predicted molar refractivity (Wildman–Crippen MR) is 98.9 cm³/mol. The lowest BCUT2D eigenvalue weighted by Gasteiger charge is -2.13. The van der Waals surface area contributed by atoms with Crippen LogP contribution in [0.2, 0.25) is 0 Å². The normalized spacial score (nSPS) is 17.1. The second-order valence-corrected chi connectivity index (χ2v) is 9.12. The van der Waals surface area contributed by atoms with Crippen LogP contribution in [0, 0.1) is 5.92 Å². The molecule has 0 aromatic rings. The van der Waals surface area contributed by atoms with Crippen molar-refractivity contribution in [2.45, 2.75) is 53.9 Å². The Morgan fingerprint density at radius 3 is 2.16 bits per heavy atom. The van der Waals surface area contributed by atoms with Gasteiger partial charge in [-0.15, -0.1) is 0 Å². The first kappa shape index (κ1) is 24.5. The Hall–Kier alpha value is -0.520. The van der Waals surface area contributed by atoms with Crippen LogP contribution in [0.3, 0.4) is 0 Å². The van der Waals surface area contributed by atoms with Crippen LogP contribution in [-0.2, 0) is 18.0 Å². The Bertz CT molecular complexity index is 598. The summed E-state index contributed by atoms with van der Waals surface area (Å²) in [6.07, 6.45) is 8.84. The molecule has 0 aliphatic rings. The fourth-order valence-electron chi connectivity index (χ4n) is 1.88. The highest BCUT2D eigenvalue weighted by Crippen LogP contribution is 2.57. The topological polar surface area (TPSA) is 113 Å². The zero-order valence-electron chi connectivity index (χ0n) is 15.5. The predicted octanol–water partition coefficient (Wildman–Crippen LogP) is 4.88. The Morgan fingerprint density at radius 1 is 1.04 bits per heavy atom. The monoisotopic (exact) mass is 396 g/mol. The molecule has 0 saturated heterocycles. The van der Waals surface area contributed by atoms with Crippen LogP contribution < -0.4 is 0 Å². The van der Waals surface area contributed by atoms with Crippen molar-refractivity contribution >= 4 is 15.6 Å². The maximum Gasteiger partial charge on any atom is 0.481 e. The summed E-state index contributed by atoms with van der Waals surface area (Å²) < 4.78 is 30.1. The van der Waals surface area contributed by atoms with Crippen molar-refractivity contribution in [3.63, 3.8) is 0 Å². The van der Waals surface area contributed by atoms with Crippen molar-refractivity contribution in [3.8, 4) is 0 Å². The third kappa shape index (κ3) is 14.3. The summed E-state index contributed by atoms with van der Waals surface area (Å²) >= 11 is 0. The van der Waals surface area contributed by atoms with Gasteiger partial charge in [0.05, 0.1) is 6.61 Å². The molecular formula is C16H30O7P2. The van der Waals surface area contributed by atoms with E-state index in [0.29, 0.717) is 0 Å². The van der Waals surface area contributed by atoms with Crippen molar-refractivity contribution < 1.29 is 32.6 Å². The maximum atomic E-state index is 11.3. The average molecular weight is 396 g/mol. The minimum atomic E-state index is -5.08. The average Bonchev–Trinajstić information content (AvgIpc) is 2.41. The van der Waals surface area contributed by atoms with Gasteiger partial charge >= 0.3 is 15.6 Å². The SMILES string of the molecule is CC(C)=CCCC(C)=CCC(C)C(C)=CCOP(=O)(O)OP(=O)(O)O. The van der Waals surface area contributed by atoms with Crippen LogP contribution in [0.5, 0.6) is 0 Å². The van der Waals surface area contributed by atoms with Crippen molar-refractivity contribution in [2.24, 2.45) is 5.92 Å². The van der Waals surface area contributed by atoms with Gasteiger partial charge in [-0.2, -0.15) is 4.31 Å². The largest absolute Gasteiger partial charge is 0.481 e. The van der Waals surface area contributed by atoms with E-state index in [0.717, 1.165) is 24.8 Å². The highest BCUT2D eigenvalue weighted by Gasteiger charge is 2.31. The maximum absolute atomic E-state index is 11.3. The lowest BCUT2D eigenvalue weighted by Crippen LogP contribution is -1.99. The van der Waals surface area contributed by atoms with Gasteiger partial charge in [0.1, 0.15) is 0 Å². The van der Waals surface area contributed by atoms with Gasteiger partial charge in [-0.3, -0.25) is 4.52 Å². The van der Waals surface area contributed by atoms with Crippen molar-refractivity contribution in [3.05, 3.63) is 34.9 Å². The third-order valence-electron chi connectivity index (χ3n) is 3.54. The molecule has 0 saturated carbocycles. The molecule has 0 bridgehead atoms. The smallest absolute Gasteiger partial charge is 0.302 e. The number of phosphoric acid groups is 2. The minimum absolute atomic E-state index is 0.211. The van der Waals surface area contributed by atoms with E-state index in [4.69, 9.17) is 9.79 Å². The van der Waals surface area contributed by atoms with Gasteiger partial charge in [-0.1, -0.05) is 41.9 Å². The fraction of sp³-hybridized carbons (Fsp3) is 0.625. The van der Waals surface area contributed by atoms with Crippen molar-refractivity contribution in [2.75, 3.05) is 6.61 Å². The molecule has 0 spiro atoms. The van der Waals surface area contributed by atoms with Crippen LogP contribution in [-0.4, -0.2) is 21.3 Å². The minimum Gasteiger partial charge on any atom is -0.302 e. The summed E-state index contributed by atoms with van der Waals surface area (Å²) in [5, 5.41) is 0. The highest BCUT2D eigenvalue weighted by atomic mass is 31.3. The number of phosphoric ester groups is 1. The van der Waals surface area contributed by atoms with Gasteiger partial charge in [0.15, 0.2) is 0 Å². The number of hydrogen-bond donors (Lipinski definition) is 3. The molecule has 146 valence electrons. The molecule has 2 unspecified atom stereocenters. The molecule has 0 aliphatic heterocycles. The van der Waals surface area contributed by atoms with Crippen molar-refractivity contribution in [1.29, 1.82) is 0 Å². The number of rotatable bonds is 11. The summed E-state index contributed by atoms with van der Waals surface area (Å²) in [6.45, 7) is 9.87. The molecule has 0 aromatic heterocycles. The summed E-state index contributed by atoms with van der Waals surface area (Å²) in [6, 6.07) is 0. The molecule has 9 heteroatoms. The Kier molecular flexibility index (Phi) is 11.0. The molecule has 2 atom stereocenters. The number of allylic oxidation sites excluding steroid dienone is 5. The van der Waals surface area contributed by atoms with E-state index in [1.54, 1.807) is 6.08 Å². The van der Waals surface area contributed by atoms with Crippen LogP contribution in [0.4, 0.5) is 0 Å². The molecule has 0 heterocycles. The molecule has 3 N–H and O–H groups in total. The summed E-state index contributed by atoms with van der Waals surface area (Å²) in [5.74, 6) is 0.211. The molecule has 0 radical (unpaired) electrons. The first-order chi connectivity index (χ1) is 11.3. The van der Waals surface area contributed by atoms with Gasteiger partial charge in [0.25, 0.3) is 0 Å². The molecule has 0 rings (SSSR count). The molecule has 7 nitrogen and oxygen atoms in total. The molecule has 0 aliphatic carbocycles. The Balaban J connectivity index is 4.42. The quantitative estimate of drug-likeness (QED) is 0.337. The van der Waals surface area contributed by atoms with Crippen LogP contribution >= 0.6 is 15.6 Å². The van der Waals surface area contributed by atoms with E-state index >= 15 is 0 Å². The third-order valence-corrected chi connectivity index (χ3v) is 5.69. The zero-order chi connectivity index (χ0) is 19.7. The Labute approximate surface area is 150 Å². The van der Waals surface area contributed by atoms with E-state index in [2.05, 4.69) is 41.8 Å². The van der Waals surface area contributed by atoms with E-state index in [1.165, 1.54) is 11.1 Å². The second kappa shape index (κ2) is 11.2. The zero-order valence-corrected chi connectivity index (χ0v) is 17.3. The van der Waals surface area contributed by atoms with Crippen LogP contribution in [0.1, 0.15) is 53.9 Å². The lowest BCUT2D eigenvalue weighted by atomic mass is 9.97. The number of hydrogen-bond acceptors (Lipinski definition) is 4. The van der Waals surface area contributed by atoms with Crippen LogP contribution in [0.15, 0.2) is 34.9 Å². The van der Waals surface area contributed by atoms with Gasteiger partial charge in [0.2, 0.25) is 0 Å². The van der Waals surface area contributed by atoms with E-state index in [-0.39, 0.29) is 12.5 Å². The molecule has 0 fully saturated rings.